The molecule has 1 N–H and O–H groups in total. The minimum atomic E-state index is -0.350. The Morgan fingerprint density at radius 2 is 2.21 bits per heavy atom. The number of rotatable bonds is 8. The first-order valence-corrected chi connectivity index (χ1v) is 9.20. The summed E-state index contributed by atoms with van der Waals surface area (Å²) in [7, 11) is 1.60. The molecule has 1 aliphatic rings. The number of anilines is 1. The lowest BCUT2D eigenvalue weighted by molar-refractivity contribution is -0.130. The number of carbonyl (C=O) groups excluding carboxylic acids is 2. The zero-order valence-electron chi connectivity index (χ0n) is 14.7. The number of hydrogen-bond acceptors (Lipinski definition) is 6. The summed E-state index contributed by atoms with van der Waals surface area (Å²) in [4.78, 5) is 26.2. The second-order valence-corrected chi connectivity index (χ2v) is 7.39. The Bertz CT molecular complexity index is 577. The van der Waals surface area contributed by atoms with E-state index in [1.165, 1.54) is 11.3 Å². The van der Waals surface area contributed by atoms with Crippen molar-refractivity contribution in [2.24, 2.45) is 5.92 Å². The predicted molar refractivity (Wildman–Crippen MR) is 93.0 cm³/mol. The number of nitrogens with one attached hydrogen (secondary N) is 1. The summed E-state index contributed by atoms with van der Waals surface area (Å²) in [6.07, 6.45) is 2.37. The number of nitrogens with zero attached hydrogens (tertiary/aromatic N) is 3. The Morgan fingerprint density at radius 1 is 1.46 bits per heavy atom. The molecule has 1 aliphatic heterocycles. The predicted octanol–water partition coefficient (Wildman–Crippen LogP) is 2.26. The number of ether oxygens (including phenoxy) is 1. The van der Waals surface area contributed by atoms with Crippen molar-refractivity contribution in [1.29, 1.82) is 0 Å². The molecule has 3 unspecified atom stereocenters. The summed E-state index contributed by atoms with van der Waals surface area (Å²) in [6, 6.07) is -0.0247. The van der Waals surface area contributed by atoms with Gasteiger partial charge in [0.05, 0.1) is 18.6 Å². The number of carbonyl (C=O) groups is 2. The van der Waals surface area contributed by atoms with E-state index in [4.69, 9.17) is 4.74 Å². The second kappa shape index (κ2) is 8.53. The molecule has 1 aromatic rings. The summed E-state index contributed by atoms with van der Waals surface area (Å²) in [6.45, 7) is 7.06. The zero-order valence-corrected chi connectivity index (χ0v) is 15.6. The third-order valence-electron chi connectivity index (χ3n) is 4.28. The van der Waals surface area contributed by atoms with Crippen LogP contribution >= 0.6 is 11.3 Å². The topological polar surface area (TPSA) is 84.4 Å². The standard InChI is InChI=1S/C16H26N4O3S/c1-5-6-10(2)15-18-19-16(24-15)17-14(22)12-7-13(21)20(8-12)11(3)9-23-4/h10-12H,5-9H2,1-4H3,(H,17,19,22). The third kappa shape index (κ3) is 4.51. The molecule has 3 atom stereocenters. The number of aromatic nitrogens is 2. The lowest BCUT2D eigenvalue weighted by atomic mass is 10.1. The van der Waals surface area contributed by atoms with Crippen LogP contribution in [0.4, 0.5) is 5.13 Å². The molecule has 1 fully saturated rings. The van der Waals surface area contributed by atoms with E-state index in [9.17, 15) is 9.59 Å². The Morgan fingerprint density at radius 3 is 2.88 bits per heavy atom. The van der Waals surface area contributed by atoms with Crippen molar-refractivity contribution in [2.45, 2.75) is 52.0 Å². The molecule has 7 nitrogen and oxygen atoms in total. The molecule has 24 heavy (non-hydrogen) atoms. The van der Waals surface area contributed by atoms with Crippen molar-refractivity contribution < 1.29 is 14.3 Å². The first-order valence-electron chi connectivity index (χ1n) is 8.38. The first-order chi connectivity index (χ1) is 11.5. The molecule has 0 spiro atoms. The fraction of sp³-hybridized carbons (Fsp3) is 0.750. The Balaban J connectivity index is 1.92. The van der Waals surface area contributed by atoms with Crippen LogP contribution in [0.1, 0.15) is 51.0 Å². The van der Waals surface area contributed by atoms with Gasteiger partial charge in [-0.05, 0) is 13.3 Å². The average molecular weight is 354 g/mol. The molecule has 2 rings (SSSR count). The summed E-state index contributed by atoms with van der Waals surface area (Å²) in [5, 5.41) is 12.5. The highest BCUT2D eigenvalue weighted by Gasteiger charge is 2.36. The quantitative estimate of drug-likeness (QED) is 0.774. The van der Waals surface area contributed by atoms with Gasteiger partial charge in [0.15, 0.2) is 0 Å². The molecule has 0 aliphatic carbocycles. The minimum Gasteiger partial charge on any atom is -0.383 e. The molecule has 134 valence electrons. The van der Waals surface area contributed by atoms with Gasteiger partial charge >= 0.3 is 0 Å². The summed E-state index contributed by atoms with van der Waals surface area (Å²) >= 11 is 1.41. The number of likely N-dealkylation sites (tertiary alicyclic amines) is 1. The van der Waals surface area contributed by atoms with Gasteiger partial charge in [0.1, 0.15) is 5.01 Å². The Kier molecular flexibility index (Phi) is 6.68. The van der Waals surface area contributed by atoms with Crippen LogP contribution in [0.5, 0.6) is 0 Å². The van der Waals surface area contributed by atoms with E-state index < -0.39 is 0 Å². The van der Waals surface area contributed by atoms with E-state index in [1.807, 2.05) is 6.92 Å². The second-order valence-electron chi connectivity index (χ2n) is 6.38. The van der Waals surface area contributed by atoms with E-state index in [0.29, 0.717) is 24.2 Å². The first kappa shape index (κ1) is 18.8. The van der Waals surface area contributed by atoms with E-state index >= 15 is 0 Å². The fourth-order valence-electron chi connectivity index (χ4n) is 2.91. The van der Waals surface area contributed by atoms with Crippen LogP contribution in [0.25, 0.3) is 0 Å². The van der Waals surface area contributed by atoms with Gasteiger partial charge in [0, 0.05) is 26.0 Å². The maximum Gasteiger partial charge on any atom is 0.231 e. The molecule has 0 radical (unpaired) electrons. The van der Waals surface area contributed by atoms with Crippen molar-refractivity contribution >= 4 is 28.3 Å². The van der Waals surface area contributed by atoms with Gasteiger partial charge in [-0.15, -0.1) is 10.2 Å². The zero-order chi connectivity index (χ0) is 17.7. The molecule has 1 aromatic heterocycles. The molecule has 8 heteroatoms. The van der Waals surface area contributed by atoms with Gasteiger partial charge < -0.3 is 15.0 Å². The van der Waals surface area contributed by atoms with Crippen LogP contribution in [-0.4, -0.2) is 53.2 Å². The smallest absolute Gasteiger partial charge is 0.231 e. The van der Waals surface area contributed by atoms with Gasteiger partial charge in [-0.25, -0.2) is 0 Å². The van der Waals surface area contributed by atoms with Crippen molar-refractivity contribution in [1.82, 2.24) is 15.1 Å². The van der Waals surface area contributed by atoms with Crippen LogP contribution in [0.3, 0.4) is 0 Å². The van der Waals surface area contributed by atoms with E-state index in [0.717, 1.165) is 17.8 Å². The molecule has 2 amide bonds. The van der Waals surface area contributed by atoms with Gasteiger partial charge in [0.25, 0.3) is 0 Å². The lowest BCUT2D eigenvalue weighted by Crippen LogP contribution is -2.38. The van der Waals surface area contributed by atoms with Crippen LogP contribution in [-0.2, 0) is 14.3 Å². The summed E-state index contributed by atoms with van der Waals surface area (Å²) in [5.41, 5.74) is 0. The van der Waals surface area contributed by atoms with Crippen molar-refractivity contribution in [3.8, 4) is 0 Å². The molecule has 0 aromatic carbocycles. The Hall–Kier alpha value is -1.54. The van der Waals surface area contributed by atoms with E-state index in [-0.39, 0.29) is 30.2 Å². The van der Waals surface area contributed by atoms with Crippen molar-refractivity contribution in [3.05, 3.63) is 5.01 Å². The van der Waals surface area contributed by atoms with Crippen LogP contribution < -0.4 is 5.32 Å². The lowest BCUT2D eigenvalue weighted by Gasteiger charge is -2.23. The molecule has 0 saturated carbocycles. The SMILES string of the molecule is CCCC(C)c1nnc(NC(=O)C2CC(=O)N(C(C)COC)C2)s1. The number of hydrogen-bond donors (Lipinski definition) is 1. The molecule has 1 saturated heterocycles. The number of amides is 2. The Labute approximate surface area is 146 Å². The largest absolute Gasteiger partial charge is 0.383 e. The van der Waals surface area contributed by atoms with Gasteiger partial charge in [-0.1, -0.05) is 31.6 Å². The number of methoxy groups -OCH3 is 1. The maximum absolute atomic E-state index is 12.4. The highest BCUT2D eigenvalue weighted by atomic mass is 32.1. The van der Waals surface area contributed by atoms with E-state index in [2.05, 4.69) is 29.4 Å². The third-order valence-corrected chi connectivity index (χ3v) is 5.35. The van der Waals surface area contributed by atoms with Crippen LogP contribution in [0.2, 0.25) is 0 Å². The molecule has 0 bridgehead atoms. The van der Waals surface area contributed by atoms with Crippen molar-refractivity contribution in [2.75, 3.05) is 25.6 Å². The average Bonchev–Trinajstić information content (AvgIpc) is 3.14. The van der Waals surface area contributed by atoms with Gasteiger partial charge in [0.2, 0.25) is 16.9 Å². The van der Waals surface area contributed by atoms with E-state index in [1.54, 1.807) is 12.0 Å². The van der Waals surface area contributed by atoms with Crippen LogP contribution in [0.15, 0.2) is 0 Å². The fourth-order valence-corrected chi connectivity index (χ4v) is 3.74. The molecular formula is C16H26N4O3S. The monoisotopic (exact) mass is 354 g/mol. The minimum absolute atomic E-state index is 0.00535. The normalized spacial score (nSPS) is 20.2. The van der Waals surface area contributed by atoms with Gasteiger partial charge in [-0.3, -0.25) is 9.59 Å². The van der Waals surface area contributed by atoms with Crippen LogP contribution in [0, 0.1) is 5.92 Å². The van der Waals surface area contributed by atoms with Crippen molar-refractivity contribution in [3.63, 3.8) is 0 Å². The summed E-state index contributed by atoms with van der Waals surface area (Å²) < 4.78 is 5.09. The highest BCUT2D eigenvalue weighted by molar-refractivity contribution is 7.15. The summed E-state index contributed by atoms with van der Waals surface area (Å²) in [5.74, 6) is -0.177. The van der Waals surface area contributed by atoms with Gasteiger partial charge in [-0.2, -0.15) is 0 Å². The highest BCUT2D eigenvalue weighted by Crippen LogP contribution is 2.27. The molecule has 2 heterocycles. The maximum atomic E-state index is 12.4. The molecular weight excluding hydrogens is 328 g/mol.